The lowest BCUT2D eigenvalue weighted by Gasteiger charge is -2.22. The predicted molar refractivity (Wildman–Crippen MR) is 81.9 cm³/mol. The lowest BCUT2D eigenvalue weighted by molar-refractivity contribution is 0.0779. The van der Waals surface area contributed by atoms with Crippen molar-refractivity contribution in [1.29, 1.82) is 0 Å². The first kappa shape index (κ1) is 15.1. The van der Waals surface area contributed by atoms with Crippen molar-refractivity contribution < 1.29 is 4.79 Å². The minimum Gasteiger partial charge on any atom is -0.392 e. The number of hydrogen-bond acceptors (Lipinski definition) is 2. The topological polar surface area (TPSA) is 46.3 Å². The van der Waals surface area contributed by atoms with Gasteiger partial charge in [-0.2, -0.15) is 0 Å². The molecule has 0 aliphatic heterocycles. The van der Waals surface area contributed by atoms with Crippen molar-refractivity contribution in [2.24, 2.45) is 5.73 Å². The number of nitrogens with zero attached hydrogens (tertiary/aromatic N) is 1. The van der Waals surface area contributed by atoms with Crippen LogP contribution in [0.5, 0.6) is 0 Å². The fraction of sp³-hybridized carbons (Fsp3) is 0.385. The van der Waals surface area contributed by atoms with Gasteiger partial charge in [0.2, 0.25) is 0 Å². The zero-order valence-corrected chi connectivity index (χ0v) is 13.0. The molecule has 0 aliphatic carbocycles. The number of rotatable bonds is 5. The molecule has 0 aliphatic rings. The molecular weight excluding hydrogens is 312 g/mol. The van der Waals surface area contributed by atoms with Gasteiger partial charge in [0, 0.05) is 16.6 Å². The van der Waals surface area contributed by atoms with Crippen molar-refractivity contribution in [2.45, 2.75) is 20.3 Å². The highest BCUT2D eigenvalue weighted by Crippen LogP contribution is 2.20. The van der Waals surface area contributed by atoms with Crippen LogP contribution < -0.4 is 5.73 Å². The fourth-order valence-corrected chi connectivity index (χ4v) is 2.24. The summed E-state index contributed by atoms with van der Waals surface area (Å²) >= 11 is 8.32. The highest BCUT2D eigenvalue weighted by atomic mass is 79.9. The number of thiocarbonyl (C=S) groups is 1. The minimum atomic E-state index is -0.0246. The monoisotopic (exact) mass is 328 g/mol. The SMILES string of the molecule is CCCN(CC(N)=S)C(=O)c1cccc(Br)c1C. The second-order valence-electron chi connectivity index (χ2n) is 4.11. The summed E-state index contributed by atoms with van der Waals surface area (Å²) < 4.78 is 0.931. The normalized spacial score (nSPS) is 10.2. The van der Waals surface area contributed by atoms with Gasteiger partial charge >= 0.3 is 0 Å². The zero-order chi connectivity index (χ0) is 13.7. The first-order valence-electron chi connectivity index (χ1n) is 5.80. The smallest absolute Gasteiger partial charge is 0.254 e. The summed E-state index contributed by atoms with van der Waals surface area (Å²) in [6.07, 6.45) is 0.876. The maximum Gasteiger partial charge on any atom is 0.254 e. The van der Waals surface area contributed by atoms with Crippen LogP contribution in [0.1, 0.15) is 29.3 Å². The average molecular weight is 329 g/mol. The van der Waals surface area contributed by atoms with Crippen molar-refractivity contribution in [3.05, 3.63) is 33.8 Å². The summed E-state index contributed by atoms with van der Waals surface area (Å²) in [6.45, 7) is 4.92. The molecule has 0 atom stereocenters. The van der Waals surface area contributed by atoms with Crippen molar-refractivity contribution in [3.63, 3.8) is 0 Å². The Morgan fingerprint density at radius 2 is 2.17 bits per heavy atom. The number of benzene rings is 1. The van der Waals surface area contributed by atoms with E-state index in [9.17, 15) is 4.79 Å². The molecule has 0 bridgehead atoms. The molecule has 3 nitrogen and oxygen atoms in total. The first-order valence-corrected chi connectivity index (χ1v) is 7.00. The molecule has 1 aromatic rings. The highest BCUT2D eigenvalue weighted by molar-refractivity contribution is 9.10. The fourth-order valence-electron chi connectivity index (χ4n) is 1.72. The summed E-state index contributed by atoms with van der Waals surface area (Å²) in [5, 5.41) is 0. The minimum absolute atomic E-state index is 0.0246. The van der Waals surface area contributed by atoms with Crippen LogP contribution >= 0.6 is 28.1 Å². The number of carbonyl (C=O) groups excluding carboxylic acids is 1. The number of halogens is 1. The lowest BCUT2D eigenvalue weighted by atomic mass is 10.1. The van der Waals surface area contributed by atoms with E-state index in [4.69, 9.17) is 18.0 Å². The standard InChI is InChI=1S/C13H17BrN2OS/c1-3-7-16(8-12(15)18)13(17)10-5-4-6-11(14)9(10)2/h4-6H,3,7-8H2,1-2H3,(H2,15,18). The van der Waals surface area contributed by atoms with E-state index in [2.05, 4.69) is 15.9 Å². The second-order valence-corrected chi connectivity index (χ2v) is 5.48. The van der Waals surface area contributed by atoms with E-state index in [0.717, 1.165) is 16.5 Å². The quantitative estimate of drug-likeness (QED) is 0.845. The van der Waals surface area contributed by atoms with Gasteiger partial charge in [0.1, 0.15) is 0 Å². The van der Waals surface area contributed by atoms with Gasteiger partial charge in [-0.1, -0.05) is 41.1 Å². The molecule has 1 rings (SSSR count). The van der Waals surface area contributed by atoms with Gasteiger partial charge in [0.25, 0.3) is 5.91 Å². The molecule has 0 fully saturated rings. The van der Waals surface area contributed by atoms with E-state index in [-0.39, 0.29) is 5.91 Å². The first-order chi connectivity index (χ1) is 8.47. The van der Waals surface area contributed by atoms with Crippen molar-refractivity contribution in [3.8, 4) is 0 Å². The van der Waals surface area contributed by atoms with Crippen molar-refractivity contribution in [2.75, 3.05) is 13.1 Å². The third-order valence-corrected chi connectivity index (χ3v) is 3.61. The van der Waals surface area contributed by atoms with Crippen LogP contribution in [-0.4, -0.2) is 28.9 Å². The number of nitrogens with two attached hydrogens (primary N) is 1. The second kappa shape index (κ2) is 6.85. The Bertz CT molecular complexity index is 462. The Kier molecular flexibility index (Phi) is 5.75. The van der Waals surface area contributed by atoms with Gasteiger partial charge in [-0.05, 0) is 31.0 Å². The third kappa shape index (κ3) is 3.78. The van der Waals surface area contributed by atoms with Gasteiger partial charge in [0.05, 0.1) is 11.5 Å². The molecule has 98 valence electrons. The highest BCUT2D eigenvalue weighted by Gasteiger charge is 2.18. The predicted octanol–water partition coefficient (Wildman–Crippen LogP) is 2.90. The molecule has 5 heteroatoms. The Hall–Kier alpha value is -0.940. The van der Waals surface area contributed by atoms with Gasteiger partial charge in [-0.25, -0.2) is 0 Å². The van der Waals surface area contributed by atoms with Crippen molar-refractivity contribution in [1.82, 2.24) is 4.90 Å². The molecule has 0 aromatic heterocycles. The summed E-state index contributed by atoms with van der Waals surface area (Å²) in [5.41, 5.74) is 7.16. The summed E-state index contributed by atoms with van der Waals surface area (Å²) in [6, 6.07) is 5.60. The number of carbonyl (C=O) groups is 1. The molecule has 0 saturated carbocycles. The Balaban J connectivity index is 3.01. The number of amides is 1. The van der Waals surface area contributed by atoms with Crippen LogP contribution in [-0.2, 0) is 0 Å². The molecule has 0 saturated heterocycles. The molecule has 0 radical (unpaired) electrons. The van der Waals surface area contributed by atoms with Crippen LogP contribution in [0.15, 0.2) is 22.7 Å². The molecule has 0 unspecified atom stereocenters. The van der Waals surface area contributed by atoms with Gasteiger partial charge in [-0.3, -0.25) is 4.79 Å². The maximum atomic E-state index is 12.4. The van der Waals surface area contributed by atoms with E-state index in [0.29, 0.717) is 23.6 Å². The van der Waals surface area contributed by atoms with E-state index < -0.39 is 0 Å². The molecule has 0 heterocycles. The van der Waals surface area contributed by atoms with E-state index in [1.807, 2.05) is 32.0 Å². The van der Waals surface area contributed by atoms with Crippen LogP contribution in [0.4, 0.5) is 0 Å². The van der Waals surface area contributed by atoms with Gasteiger partial charge < -0.3 is 10.6 Å². The third-order valence-electron chi connectivity index (χ3n) is 2.63. The summed E-state index contributed by atoms with van der Waals surface area (Å²) in [5.74, 6) is -0.0246. The maximum absolute atomic E-state index is 12.4. The Morgan fingerprint density at radius 3 is 2.72 bits per heavy atom. The van der Waals surface area contributed by atoms with Gasteiger partial charge in [0.15, 0.2) is 0 Å². The van der Waals surface area contributed by atoms with Gasteiger partial charge in [-0.15, -0.1) is 0 Å². The van der Waals surface area contributed by atoms with Crippen LogP contribution in [0.3, 0.4) is 0 Å². The molecule has 1 aromatic carbocycles. The van der Waals surface area contributed by atoms with E-state index >= 15 is 0 Å². The lowest BCUT2D eigenvalue weighted by Crippen LogP contribution is -2.38. The molecule has 0 spiro atoms. The van der Waals surface area contributed by atoms with Crippen molar-refractivity contribution >= 4 is 39.0 Å². The zero-order valence-electron chi connectivity index (χ0n) is 10.6. The molecule has 2 N–H and O–H groups in total. The molecule has 1 amide bonds. The largest absolute Gasteiger partial charge is 0.392 e. The van der Waals surface area contributed by atoms with Crippen LogP contribution in [0.2, 0.25) is 0 Å². The van der Waals surface area contributed by atoms with E-state index in [1.165, 1.54) is 0 Å². The van der Waals surface area contributed by atoms with Crippen LogP contribution in [0, 0.1) is 6.92 Å². The summed E-state index contributed by atoms with van der Waals surface area (Å²) in [4.78, 5) is 14.5. The van der Waals surface area contributed by atoms with Crippen LogP contribution in [0.25, 0.3) is 0 Å². The molecule has 18 heavy (non-hydrogen) atoms. The van der Waals surface area contributed by atoms with E-state index in [1.54, 1.807) is 4.90 Å². The summed E-state index contributed by atoms with van der Waals surface area (Å²) in [7, 11) is 0. The number of hydrogen-bond donors (Lipinski definition) is 1. The average Bonchev–Trinajstić information content (AvgIpc) is 2.31. The Morgan fingerprint density at radius 1 is 1.50 bits per heavy atom. The molecular formula is C13H17BrN2OS. The Labute approximate surface area is 121 Å².